The molecule has 0 radical (unpaired) electrons. The molecule has 1 N–H and O–H groups in total. The molecule has 0 amide bonds. The van der Waals surface area contributed by atoms with Crippen molar-refractivity contribution in [2.45, 2.75) is 66.6 Å². The summed E-state index contributed by atoms with van der Waals surface area (Å²) in [5.74, 6) is 2.13. The fraction of sp³-hybridized carbons (Fsp3) is 0.357. The van der Waals surface area contributed by atoms with Crippen molar-refractivity contribution >= 4 is 0 Å². The van der Waals surface area contributed by atoms with E-state index in [9.17, 15) is 5.11 Å². The van der Waals surface area contributed by atoms with Crippen LogP contribution in [0.5, 0.6) is 17.2 Å². The molecule has 0 bridgehead atoms. The van der Waals surface area contributed by atoms with Gasteiger partial charge in [-0.2, -0.15) is 0 Å². The van der Waals surface area contributed by atoms with Crippen LogP contribution in [0.4, 0.5) is 0 Å². The average molecular weight is 419 g/mol. The molecule has 3 nitrogen and oxygen atoms in total. The van der Waals surface area contributed by atoms with E-state index in [-0.39, 0.29) is 12.2 Å². The van der Waals surface area contributed by atoms with Gasteiger partial charge >= 0.3 is 0 Å². The minimum atomic E-state index is -0.0669. The molecular weight excluding hydrogens is 384 g/mol. The number of hydrogen-bond acceptors (Lipinski definition) is 3. The lowest BCUT2D eigenvalue weighted by Crippen LogP contribution is -2.20. The lowest BCUT2D eigenvalue weighted by molar-refractivity contribution is 0.213. The van der Waals surface area contributed by atoms with Crippen molar-refractivity contribution in [3.63, 3.8) is 0 Å². The zero-order valence-corrected chi connectivity index (χ0v) is 19.5. The van der Waals surface area contributed by atoms with Crippen LogP contribution in [0.3, 0.4) is 0 Å². The van der Waals surface area contributed by atoms with E-state index in [4.69, 9.17) is 9.47 Å². The Balaban J connectivity index is 1.73. The van der Waals surface area contributed by atoms with E-state index in [2.05, 4.69) is 52.8 Å². The molecule has 3 rings (SSSR count). The summed E-state index contributed by atoms with van der Waals surface area (Å²) in [4.78, 5) is 0. The number of benzene rings is 3. The summed E-state index contributed by atoms with van der Waals surface area (Å²) in [6, 6.07) is 18.0. The maximum Gasteiger partial charge on any atom is 0.122 e. The summed E-state index contributed by atoms with van der Waals surface area (Å²) in [7, 11) is 0. The standard InChI is InChI=1S/C28H34O3/c1-18-10-7-14-27(22(18)5)30-20(3)16-24-12-9-13-26(29)25(24)17-21(4)31-28-15-8-11-19(2)23(28)6/h7-15,20-21,29H,16-17H2,1-6H3. The van der Waals surface area contributed by atoms with Gasteiger partial charge in [0, 0.05) is 18.4 Å². The Morgan fingerprint density at radius 1 is 0.677 bits per heavy atom. The summed E-state index contributed by atoms with van der Waals surface area (Å²) < 4.78 is 12.5. The predicted octanol–water partition coefficient (Wildman–Crippen LogP) is 6.65. The maximum atomic E-state index is 10.6. The lowest BCUT2D eigenvalue weighted by atomic mass is 9.96. The van der Waals surface area contributed by atoms with E-state index in [1.165, 1.54) is 16.7 Å². The molecule has 0 heterocycles. The first-order valence-corrected chi connectivity index (χ1v) is 11.0. The van der Waals surface area contributed by atoms with Crippen molar-refractivity contribution in [3.05, 3.63) is 88.0 Å². The van der Waals surface area contributed by atoms with Gasteiger partial charge in [0.05, 0.1) is 6.10 Å². The highest BCUT2D eigenvalue weighted by Gasteiger charge is 2.17. The van der Waals surface area contributed by atoms with E-state index in [1.54, 1.807) is 6.07 Å². The Labute approximate surface area is 186 Å². The molecule has 3 heteroatoms. The summed E-state index contributed by atoms with van der Waals surface area (Å²) in [5, 5.41) is 10.6. The molecule has 164 valence electrons. The number of rotatable bonds is 8. The molecule has 0 aliphatic rings. The van der Waals surface area contributed by atoms with E-state index in [0.29, 0.717) is 18.6 Å². The van der Waals surface area contributed by atoms with E-state index < -0.39 is 0 Å². The fourth-order valence-electron chi connectivity index (χ4n) is 3.87. The zero-order chi connectivity index (χ0) is 22.5. The monoisotopic (exact) mass is 418 g/mol. The number of aryl methyl sites for hydroxylation is 2. The molecule has 2 atom stereocenters. The van der Waals surface area contributed by atoms with Gasteiger partial charge < -0.3 is 14.6 Å². The molecule has 0 aliphatic heterocycles. The Bertz CT molecular complexity index is 1040. The van der Waals surface area contributed by atoms with Crippen LogP contribution in [0.15, 0.2) is 54.6 Å². The van der Waals surface area contributed by atoms with Gasteiger partial charge in [-0.1, -0.05) is 36.4 Å². The van der Waals surface area contributed by atoms with Crippen LogP contribution in [0, 0.1) is 27.7 Å². The lowest BCUT2D eigenvalue weighted by Gasteiger charge is -2.22. The Morgan fingerprint density at radius 3 is 1.71 bits per heavy atom. The zero-order valence-electron chi connectivity index (χ0n) is 19.5. The second kappa shape index (κ2) is 9.91. The maximum absolute atomic E-state index is 10.6. The second-order valence-corrected chi connectivity index (χ2v) is 8.58. The van der Waals surface area contributed by atoms with Gasteiger partial charge in [0.2, 0.25) is 0 Å². The van der Waals surface area contributed by atoms with Crippen LogP contribution in [-0.2, 0) is 12.8 Å². The second-order valence-electron chi connectivity index (χ2n) is 8.58. The number of hydrogen-bond donors (Lipinski definition) is 1. The Morgan fingerprint density at radius 2 is 1.16 bits per heavy atom. The number of phenolic OH excluding ortho intramolecular Hbond substituents is 1. The van der Waals surface area contributed by atoms with Crippen LogP contribution in [0.2, 0.25) is 0 Å². The van der Waals surface area contributed by atoms with Crippen LogP contribution in [0.1, 0.15) is 47.2 Å². The van der Waals surface area contributed by atoms with Crippen molar-refractivity contribution in [3.8, 4) is 17.2 Å². The van der Waals surface area contributed by atoms with Gasteiger partial charge in [0.25, 0.3) is 0 Å². The molecule has 2 unspecified atom stereocenters. The third-order valence-corrected chi connectivity index (χ3v) is 6.01. The van der Waals surface area contributed by atoms with E-state index in [0.717, 1.165) is 28.2 Å². The quantitative estimate of drug-likeness (QED) is 0.445. The van der Waals surface area contributed by atoms with E-state index >= 15 is 0 Å². The van der Waals surface area contributed by atoms with Gasteiger partial charge in [0.1, 0.15) is 23.4 Å². The number of ether oxygens (including phenoxy) is 2. The van der Waals surface area contributed by atoms with Crippen LogP contribution < -0.4 is 9.47 Å². The molecular formula is C28H34O3. The van der Waals surface area contributed by atoms with Crippen molar-refractivity contribution in [2.75, 3.05) is 0 Å². The first-order valence-electron chi connectivity index (χ1n) is 11.0. The normalized spacial score (nSPS) is 13.0. The van der Waals surface area contributed by atoms with Crippen molar-refractivity contribution in [2.24, 2.45) is 0 Å². The third-order valence-electron chi connectivity index (χ3n) is 6.01. The van der Waals surface area contributed by atoms with Gasteiger partial charge in [-0.25, -0.2) is 0 Å². The predicted molar refractivity (Wildman–Crippen MR) is 128 cm³/mol. The molecule has 0 saturated heterocycles. The summed E-state index contributed by atoms with van der Waals surface area (Å²) in [6.07, 6.45) is 1.26. The van der Waals surface area contributed by atoms with E-state index in [1.807, 2.05) is 37.3 Å². The van der Waals surface area contributed by atoms with Crippen molar-refractivity contribution in [1.29, 1.82) is 0 Å². The van der Waals surface area contributed by atoms with Crippen LogP contribution in [-0.4, -0.2) is 17.3 Å². The summed E-state index contributed by atoms with van der Waals surface area (Å²) >= 11 is 0. The number of phenols is 1. The highest BCUT2D eigenvalue weighted by Crippen LogP contribution is 2.28. The van der Waals surface area contributed by atoms with Gasteiger partial charge in [0.15, 0.2) is 0 Å². The molecule has 0 aromatic heterocycles. The minimum Gasteiger partial charge on any atom is -0.508 e. The topological polar surface area (TPSA) is 38.7 Å². The van der Waals surface area contributed by atoms with Gasteiger partial charge in [-0.05, 0) is 87.6 Å². The minimum absolute atomic E-state index is 0.0173. The molecule has 3 aromatic rings. The molecule has 31 heavy (non-hydrogen) atoms. The van der Waals surface area contributed by atoms with Gasteiger partial charge in [-0.15, -0.1) is 0 Å². The first kappa shape index (κ1) is 22.7. The largest absolute Gasteiger partial charge is 0.508 e. The summed E-state index contributed by atoms with van der Waals surface area (Å²) in [6.45, 7) is 12.5. The molecule has 0 aliphatic carbocycles. The highest BCUT2D eigenvalue weighted by molar-refractivity contribution is 5.42. The van der Waals surface area contributed by atoms with Crippen LogP contribution in [0.25, 0.3) is 0 Å². The van der Waals surface area contributed by atoms with Gasteiger partial charge in [-0.3, -0.25) is 0 Å². The van der Waals surface area contributed by atoms with Crippen molar-refractivity contribution < 1.29 is 14.6 Å². The molecule has 0 fully saturated rings. The fourth-order valence-corrected chi connectivity index (χ4v) is 3.87. The summed E-state index contributed by atoms with van der Waals surface area (Å²) in [5.41, 5.74) is 6.78. The molecule has 3 aromatic carbocycles. The Kier molecular flexibility index (Phi) is 7.27. The third kappa shape index (κ3) is 5.61. The molecule has 0 spiro atoms. The SMILES string of the molecule is Cc1cccc(OC(C)Cc2cccc(O)c2CC(C)Oc2cccc(C)c2C)c1C. The van der Waals surface area contributed by atoms with Crippen LogP contribution >= 0.6 is 0 Å². The Hall–Kier alpha value is -2.94. The number of aromatic hydroxyl groups is 1. The molecule has 0 saturated carbocycles. The first-order chi connectivity index (χ1) is 14.8. The smallest absolute Gasteiger partial charge is 0.122 e. The highest BCUT2D eigenvalue weighted by atomic mass is 16.5. The average Bonchev–Trinajstić information content (AvgIpc) is 2.71. The van der Waals surface area contributed by atoms with Crippen molar-refractivity contribution in [1.82, 2.24) is 0 Å².